The second-order valence-corrected chi connectivity index (χ2v) is 12.0. The van der Waals surface area contributed by atoms with Crippen LogP contribution in [0.4, 0.5) is 10.8 Å². The SMILES string of the molecule is N#CC1=C(N)N(c2nnc(SCC(=O)Nc3c(Cl)cccc3Cl)s2)C2=C(C(=O)CCC2)C1c1ccccc1Cl. The topological polar surface area (TPSA) is 125 Å². The van der Waals surface area contributed by atoms with Gasteiger partial charge in [-0.2, -0.15) is 5.26 Å². The Morgan fingerprint density at radius 2 is 1.85 bits per heavy atom. The van der Waals surface area contributed by atoms with Crippen LogP contribution in [-0.4, -0.2) is 27.6 Å². The maximum atomic E-state index is 13.2. The highest BCUT2D eigenvalue weighted by molar-refractivity contribution is 8.01. The van der Waals surface area contributed by atoms with Gasteiger partial charge in [-0.05, 0) is 36.6 Å². The first-order valence-corrected chi connectivity index (χ1v) is 14.6. The van der Waals surface area contributed by atoms with Crippen LogP contribution in [0.1, 0.15) is 30.7 Å². The van der Waals surface area contributed by atoms with Crippen LogP contribution < -0.4 is 16.0 Å². The highest BCUT2D eigenvalue weighted by Crippen LogP contribution is 2.48. The molecule has 2 heterocycles. The molecular weight excluding hydrogens is 599 g/mol. The Kier molecular flexibility index (Phi) is 8.16. The number of hydrogen-bond donors (Lipinski definition) is 2. The van der Waals surface area contributed by atoms with E-state index in [0.29, 0.717) is 66.3 Å². The molecule has 0 spiro atoms. The monoisotopic (exact) mass is 616 g/mol. The van der Waals surface area contributed by atoms with Gasteiger partial charge in [0.05, 0.1) is 39.0 Å². The van der Waals surface area contributed by atoms with E-state index in [-0.39, 0.29) is 28.8 Å². The summed E-state index contributed by atoms with van der Waals surface area (Å²) in [5.74, 6) is -0.826. The molecule has 3 aromatic rings. The van der Waals surface area contributed by atoms with Crippen LogP contribution in [0.25, 0.3) is 0 Å². The number of nitriles is 1. The molecule has 39 heavy (non-hydrogen) atoms. The lowest BCUT2D eigenvalue weighted by Gasteiger charge is -2.38. The van der Waals surface area contributed by atoms with Crippen LogP contribution >= 0.6 is 57.9 Å². The zero-order valence-electron chi connectivity index (χ0n) is 20.1. The minimum atomic E-state index is -0.662. The number of nitrogens with zero attached hydrogens (tertiary/aromatic N) is 4. The van der Waals surface area contributed by atoms with Crippen molar-refractivity contribution in [3.8, 4) is 6.07 Å². The van der Waals surface area contributed by atoms with Gasteiger partial charge in [0.2, 0.25) is 11.0 Å². The third-order valence-corrected chi connectivity index (χ3v) is 9.29. The summed E-state index contributed by atoms with van der Waals surface area (Å²) in [7, 11) is 0. The van der Waals surface area contributed by atoms with Crippen LogP contribution in [0.15, 0.2) is 69.5 Å². The number of ketones is 1. The zero-order valence-corrected chi connectivity index (χ0v) is 24.0. The fourth-order valence-corrected chi connectivity index (χ4v) is 7.01. The Balaban J connectivity index is 1.43. The molecule has 1 amide bonds. The van der Waals surface area contributed by atoms with E-state index in [9.17, 15) is 14.9 Å². The molecule has 0 saturated carbocycles. The second-order valence-electron chi connectivity index (χ2n) is 8.62. The first kappa shape index (κ1) is 27.5. The number of carbonyl (C=O) groups is 2. The fraction of sp³-hybridized carbons (Fsp3) is 0.192. The van der Waals surface area contributed by atoms with E-state index in [4.69, 9.17) is 40.5 Å². The average Bonchev–Trinajstić information content (AvgIpc) is 3.38. The molecule has 3 N–H and O–H groups in total. The molecule has 1 unspecified atom stereocenters. The Morgan fingerprint density at radius 3 is 2.56 bits per heavy atom. The number of aromatic nitrogens is 2. The van der Waals surface area contributed by atoms with Gasteiger partial charge in [0.1, 0.15) is 5.82 Å². The van der Waals surface area contributed by atoms with Crippen molar-refractivity contribution in [2.75, 3.05) is 16.0 Å². The minimum Gasteiger partial charge on any atom is -0.384 e. The van der Waals surface area contributed by atoms with Gasteiger partial charge in [-0.25, -0.2) is 0 Å². The third kappa shape index (κ3) is 5.38. The number of hydrogen-bond acceptors (Lipinski definition) is 9. The Morgan fingerprint density at radius 1 is 1.13 bits per heavy atom. The van der Waals surface area contributed by atoms with Crippen LogP contribution in [0.2, 0.25) is 15.1 Å². The summed E-state index contributed by atoms with van der Waals surface area (Å²) in [4.78, 5) is 27.4. The largest absolute Gasteiger partial charge is 0.384 e. The summed E-state index contributed by atoms with van der Waals surface area (Å²) in [6.07, 6.45) is 1.59. The quantitative estimate of drug-likeness (QED) is 0.299. The molecule has 8 nitrogen and oxygen atoms in total. The number of thioether (sulfide) groups is 1. The molecule has 1 aliphatic carbocycles. The molecule has 13 heteroatoms. The smallest absolute Gasteiger partial charge is 0.234 e. The van der Waals surface area contributed by atoms with Gasteiger partial charge in [-0.1, -0.05) is 82.2 Å². The fourth-order valence-electron chi connectivity index (χ4n) is 4.60. The van der Waals surface area contributed by atoms with Crippen LogP contribution in [0.3, 0.4) is 0 Å². The van der Waals surface area contributed by atoms with Gasteiger partial charge >= 0.3 is 0 Å². The maximum absolute atomic E-state index is 13.2. The van der Waals surface area contributed by atoms with Crippen LogP contribution in [0.5, 0.6) is 0 Å². The van der Waals surface area contributed by atoms with E-state index < -0.39 is 5.92 Å². The average molecular weight is 618 g/mol. The van der Waals surface area contributed by atoms with Crippen molar-refractivity contribution in [2.24, 2.45) is 5.73 Å². The highest BCUT2D eigenvalue weighted by Gasteiger charge is 2.41. The molecule has 0 radical (unpaired) electrons. The highest BCUT2D eigenvalue weighted by atomic mass is 35.5. The van der Waals surface area contributed by atoms with Gasteiger partial charge in [0.25, 0.3) is 0 Å². The predicted molar refractivity (Wildman–Crippen MR) is 155 cm³/mol. The molecule has 2 aliphatic rings. The van der Waals surface area contributed by atoms with Crippen molar-refractivity contribution in [3.05, 3.63) is 85.8 Å². The lowest BCUT2D eigenvalue weighted by atomic mass is 9.76. The summed E-state index contributed by atoms with van der Waals surface area (Å²) < 4.78 is 0.509. The van der Waals surface area contributed by atoms with Crippen molar-refractivity contribution in [3.63, 3.8) is 0 Å². The number of halogens is 3. The zero-order chi connectivity index (χ0) is 27.7. The van der Waals surface area contributed by atoms with E-state index in [1.807, 2.05) is 6.07 Å². The van der Waals surface area contributed by atoms with Gasteiger partial charge in [-0.3, -0.25) is 14.5 Å². The number of allylic oxidation sites excluding steroid dienone is 3. The first-order valence-electron chi connectivity index (χ1n) is 11.7. The van der Waals surface area contributed by atoms with Crippen LogP contribution in [-0.2, 0) is 9.59 Å². The van der Waals surface area contributed by atoms with Gasteiger partial charge < -0.3 is 11.1 Å². The molecule has 1 atom stereocenters. The van der Waals surface area contributed by atoms with Crippen molar-refractivity contribution in [2.45, 2.75) is 29.5 Å². The molecular formula is C26H19Cl3N6O2S2. The molecule has 0 bridgehead atoms. The number of carbonyl (C=O) groups excluding carboxylic acids is 2. The van der Waals surface area contributed by atoms with E-state index >= 15 is 0 Å². The number of anilines is 2. The molecule has 1 aromatic heterocycles. The number of nitrogens with two attached hydrogens (primary N) is 1. The Bertz CT molecular complexity index is 1580. The molecule has 1 aliphatic heterocycles. The lowest BCUT2D eigenvalue weighted by Crippen LogP contribution is -2.38. The van der Waals surface area contributed by atoms with E-state index in [2.05, 4.69) is 21.6 Å². The first-order chi connectivity index (χ1) is 18.8. The normalized spacial score (nSPS) is 17.2. The predicted octanol–water partition coefficient (Wildman–Crippen LogP) is 6.53. The standard InChI is InChI=1S/C26H19Cl3N6O2S2/c27-15-6-2-1-5-13(15)21-14(11-30)24(31)35(18-9-4-10-19(36)22(18)21)25-33-34-26(39-25)38-12-20(37)32-23-16(28)7-3-8-17(23)29/h1-3,5-8,21H,4,9-10,12,31H2,(H,32,37). The van der Waals surface area contributed by atoms with Crippen molar-refractivity contribution in [1.82, 2.24) is 10.2 Å². The van der Waals surface area contributed by atoms with E-state index in [1.54, 1.807) is 41.3 Å². The number of para-hydroxylation sites is 1. The second kappa shape index (κ2) is 11.6. The number of benzene rings is 2. The van der Waals surface area contributed by atoms with Gasteiger partial charge in [0.15, 0.2) is 10.1 Å². The summed E-state index contributed by atoms with van der Waals surface area (Å²) in [5, 5.41) is 22.9. The molecule has 198 valence electrons. The molecule has 5 rings (SSSR count). The minimum absolute atomic E-state index is 0.0337. The summed E-state index contributed by atoms with van der Waals surface area (Å²) in [6, 6.07) is 14.3. The van der Waals surface area contributed by atoms with Crippen molar-refractivity contribution < 1.29 is 9.59 Å². The number of amides is 1. The van der Waals surface area contributed by atoms with Crippen molar-refractivity contribution in [1.29, 1.82) is 5.26 Å². The number of rotatable bonds is 6. The number of Topliss-reactive ketones (excluding diaryl/α,β-unsaturated/α-hetero) is 1. The van der Waals surface area contributed by atoms with E-state index in [0.717, 1.165) is 0 Å². The molecule has 2 aromatic carbocycles. The number of nitrogens with one attached hydrogen (secondary N) is 1. The summed E-state index contributed by atoms with van der Waals surface area (Å²) in [6.45, 7) is 0. The maximum Gasteiger partial charge on any atom is 0.234 e. The Labute approximate surface area is 247 Å². The van der Waals surface area contributed by atoms with Crippen LogP contribution in [0, 0.1) is 11.3 Å². The van der Waals surface area contributed by atoms with E-state index in [1.165, 1.54) is 23.1 Å². The molecule has 0 saturated heterocycles. The Hall–Kier alpha value is -3.07. The van der Waals surface area contributed by atoms with Crippen molar-refractivity contribution >= 4 is 80.4 Å². The van der Waals surface area contributed by atoms with Gasteiger partial charge in [-0.15, -0.1) is 10.2 Å². The lowest BCUT2D eigenvalue weighted by molar-refractivity contribution is -0.116. The summed E-state index contributed by atoms with van der Waals surface area (Å²) >= 11 is 21.2. The summed E-state index contributed by atoms with van der Waals surface area (Å²) in [5.41, 5.74) is 8.98. The molecule has 0 fully saturated rings. The third-order valence-electron chi connectivity index (χ3n) is 6.27. The van der Waals surface area contributed by atoms with Gasteiger partial charge in [0, 0.05) is 22.7 Å².